The number of aryl methyl sites for hydroxylation is 2. The molecule has 0 heterocycles. The molecule has 0 unspecified atom stereocenters. The van der Waals surface area contributed by atoms with E-state index in [9.17, 15) is 13.2 Å². The third-order valence-corrected chi connectivity index (χ3v) is 9.45. The van der Waals surface area contributed by atoms with E-state index >= 15 is 0 Å². The van der Waals surface area contributed by atoms with Crippen LogP contribution in [-0.4, -0.2) is 34.2 Å². The molecule has 0 saturated heterocycles. The zero-order valence-corrected chi connectivity index (χ0v) is 27.4. The van der Waals surface area contributed by atoms with Crippen molar-refractivity contribution in [1.29, 1.82) is 0 Å². The van der Waals surface area contributed by atoms with Crippen molar-refractivity contribution in [3.05, 3.63) is 116 Å². The molecule has 0 aromatic heterocycles. The normalized spacial score (nSPS) is 11.4. The van der Waals surface area contributed by atoms with Crippen LogP contribution in [-0.2, 0) is 21.4 Å². The lowest BCUT2D eigenvalue weighted by atomic mass is 10.1. The molecule has 0 spiro atoms. The first-order chi connectivity index (χ1) is 20.5. The number of benzene rings is 4. The van der Waals surface area contributed by atoms with E-state index in [1.165, 1.54) is 37.6 Å². The van der Waals surface area contributed by atoms with Crippen molar-refractivity contribution < 1.29 is 22.7 Å². The Bertz CT molecular complexity index is 1770. The molecule has 1 N–H and O–H groups in total. The van der Waals surface area contributed by atoms with Crippen molar-refractivity contribution in [2.24, 2.45) is 5.10 Å². The predicted octanol–water partition coefficient (Wildman–Crippen LogP) is 7.31. The summed E-state index contributed by atoms with van der Waals surface area (Å²) in [5.41, 5.74) is 6.04. The second kappa shape index (κ2) is 14.3. The average molecular weight is 705 g/mol. The van der Waals surface area contributed by atoms with Gasteiger partial charge in [-0.25, -0.2) is 13.8 Å². The monoisotopic (exact) mass is 703 g/mol. The fraction of sp³-hybridized carbons (Fsp3) is 0.161. The molecule has 1 amide bonds. The van der Waals surface area contributed by atoms with Crippen molar-refractivity contribution in [2.75, 3.05) is 18.0 Å². The topological polar surface area (TPSA) is 97.3 Å². The van der Waals surface area contributed by atoms with E-state index in [4.69, 9.17) is 32.7 Å². The summed E-state index contributed by atoms with van der Waals surface area (Å²) in [5, 5.41) is 5.03. The molecule has 12 heteroatoms. The van der Waals surface area contributed by atoms with Crippen LogP contribution in [0.15, 0.2) is 93.3 Å². The number of hydrogen-bond donors (Lipinski definition) is 1. The molecular formula is C31H28BrCl2N3O5S. The average Bonchev–Trinajstić information content (AvgIpc) is 2.97. The molecule has 0 aliphatic carbocycles. The lowest BCUT2D eigenvalue weighted by Crippen LogP contribution is -2.39. The van der Waals surface area contributed by atoms with E-state index in [0.29, 0.717) is 37.3 Å². The van der Waals surface area contributed by atoms with Crippen LogP contribution < -0.4 is 19.2 Å². The highest BCUT2D eigenvalue weighted by Crippen LogP contribution is 2.37. The summed E-state index contributed by atoms with van der Waals surface area (Å²) in [5.74, 6) is 0.266. The summed E-state index contributed by atoms with van der Waals surface area (Å²) in [7, 11) is -2.59. The second-order valence-corrected chi connectivity index (χ2v) is 13.0. The number of hydrogen-bond acceptors (Lipinski definition) is 6. The van der Waals surface area contributed by atoms with Gasteiger partial charge in [-0.1, -0.05) is 47.5 Å². The van der Waals surface area contributed by atoms with E-state index < -0.39 is 22.5 Å². The first kappa shape index (κ1) is 32.3. The third kappa shape index (κ3) is 8.08. The third-order valence-electron chi connectivity index (χ3n) is 6.45. The summed E-state index contributed by atoms with van der Waals surface area (Å²) >= 11 is 15.7. The van der Waals surface area contributed by atoms with Gasteiger partial charge in [0, 0.05) is 15.6 Å². The molecule has 4 aromatic carbocycles. The number of anilines is 1. The molecule has 0 radical (unpaired) electrons. The first-order valence-corrected chi connectivity index (χ1v) is 15.9. The molecule has 0 saturated carbocycles. The van der Waals surface area contributed by atoms with Crippen molar-refractivity contribution >= 4 is 67.0 Å². The number of nitrogens with one attached hydrogen (secondary N) is 1. The lowest BCUT2D eigenvalue weighted by Gasteiger charge is -2.24. The Hall–Kier alpha value is -3.57. The van der Waals surface area contributed by atoms with Gasteiger partial charge < -0.3 is 9.47 Å². The maximum Gasteiger partial charge on any atom is 0.264 e. The van der Waals surface area contributed by atoms with E-state index in [2.05, 4.69) is 26.5 Å². The SMILES string of the molecule is COc1cc(/C=N\NC(=O)CN(c2ccc(C)c(C)c2)S(=O)(=O)c2ccc(Cl)cc2)cc(Br)c1OCc1ccccc1Cl. The zero-order chi connectivity index (χ0) is 31.1. The minimum atomic E-state index is -4.10. The van der Waals surface area contributed by atoms with Crippen LogP contribution in [0.5, 0.6) is 11.5 Å². The molecule has 4 rings (SSSR count). The number of hydrazone groups is 1. The lowest BCUT2D eigenvalue weighted by molar-refractivity contribution is -0.119. The van der Waals surface area contributed by atoms with E-state index in [1.807, 2.05) is 32.0 Å². The summed E-state index contributed by atoms with van der Waals surface area (Å²) in [6, 6.07) is 21.7. The van der Waals surface area contributed by atoms with Gasteiger partial charge in [0.15, 0.2) is 11.5 Å². The van der Waals surface area contributed by atoms with Gasteiger partial charge in [0.1, 0.15) is 13.2 Å². The predicted molar refractivity (Wildman–Crippen MR) is 174 cm³/mol. The Labute approximate surface area is 269 Å². The Kier molecular flexibility index (Phi) is 10.7. The van der Waals surface area contributed by atoms with Crippen LogP contribution in [0.1, 0.15) is 22.3 Å². The molecule has 0 atom stereocenters. The van der Waals surface area contributed by atoms with Crippen LogP contribution >= 0.6 is 39.1 Å². The molecule has 0 aliphatic heterocycles. The van der Waals surface area contributed by atoms with E-state index in [-0.39, 0.29) is 11.5 Å². The zero-order valence-electron chi connectivity index (χ0n) is 23.5. The van der Waals surface area contributed by atoms with Crippen LogP contribution in [0.25, 0.3) is 0 Å². The highest BCUT2D eigenvalue weighted by Gasteiger charge is 2.27. The van der Waals surface area contributed by atoms with Gasteiger partial charge in [-0.05, 0) is 101 Å². The van der Waals surface area contributed by atoms with Gasteiger partial charge in [0.05, 0.1) is 28.4 Å². The molecule has 224 valence electrons. The maximum absolute atomic E-state index is 13.6. The number of sulfonamides is 1. The standard InChI is InChI=1S/C31H28BrCl2N3O5S/c1-20-8-11-25(14-21(20)2)37(43(39,40)26-12-9-24(33)10-13-26)18-30(38)36-35-17-22-15-27(32)31(29(16-22)41-3)42-19-23-6-4-5-7-28(23)34/h4-17H,18-19H2,1-3H3,(H,36,38)/b35-17-. The molecule has 43 heavy (non-hydrogen) atoms. The number of carbonyl (C=O) groups is 1. The number of methoxy groups -OCH3 is 1. The fourth-order valence-corrected chi connectivity index (χ4v) is 6.30. The van der Waals surface area contributed by atoms with E-state index in [0.717, 1.165) is 21.0 Å². The highest BCUT2D eigenvalue weighted by atomic mass is 79.9. The number of nitrogens with zero attached hydrogens (tertiary/aromatic N) is 2. The van der Waals surface area contributed by atoms with Gasteiger partial charge in [-0.3, -0.25) is 9.10 Å². The second-order valence-electron chi connectivity index (χ2n) is 9.44. The number of amides is 1. The van der Waals surface area contributed by atoms with Gasteiger partial charge >= 0.3 is 0 Å². The number of rotatable bonds is 11. The fourth-order valence-electron chi connectivity index (χ4n) is 3.99. The van der Waals surface area contributed by atoms with Crippen molar-refractivity contribution in [3.63, 3.8) is 0 Å². The summed E-state index contributed by atoms with van der Waals surface area (Å²) < 4.78 is 40.3. The Morgan fingerprint density at radius 3 is 2.40 bits per heavy atom. The van der Waals surface area contributed by atoms with Crippen molar-refractivity contribution in [2.45, 2.75) is 25.3 Å². The summed E-state index contributed by atoms with van der Waals surface area (Å²) in [4.78, 5) is 13.0. The Morgan fingerprint density at radius 1 is 1.00 bits per heavy atom. The Balaban J connectivity index is 1.51. The molecule has 4 aromatic rings. The van der Waals surface area contributed by atoms with Gasteiger partial charge in [-0.2, -0.15) is 5.10 Å². The maximum atomic E-state index is 13.6. The highest BCUT2D eigenvalue weighted by molar-refractivity contribution is 9.10. The molecule has 0 bridgehead atoms. The molecule has 0 aliphatic rings. The quantitative estimate of drug-likeness (QED) is 0.131. The molecular weight excluding hydrogens is 677 g/mol. The summed E-state index contributed by atoms with van der Waals surface area (Å²) in [6.07, 6.45) is 1.41. The number of halogens is 3. The smallest absolute Gasteiger partial charge is 0.264 e. The van der Waals surface area contributed by atoms with Crippen LogP contribution in [0.2, 0.25) is 10.0 Å². The molecule has 8 nitrogen and oxygen atoms in total. The number of ether oxygens (including phenoxy) is 2. The van der Waals surface area contributed by atoms with Crippen molar-refractivity contribution in [3.8, 4) is 11.5 Å². The largest absolute Gasteiger partial charge is 0.493 e. The van der Waals surface area contributed by atoms with Crippen LogP contribution in [0, 0.1) is 13.8 Å². The van der Waals surface area contributed by atoms with Gasteiger partial charge in [0.2, 0.25) is 0 Å². The van der Waals surface area contributed by atoms with Crippen molar-refractivity contribution in [1.82, 2.24) is 5.43 Å². The molecule has 0 fully saturated rings. The first-order valence-electron chi connectivity index (χ1n) is 12.9. The summed E-state index contributed by atoms with van der Waals surface area (Å²) in [6.45, 7) is 3.51. The minimum absolute atomic E-state index is 0.000203. The van der Waals surface area contributed by atoms with E-state index in [1.54, 1.807) is 36.4 Å². The minimum Gasteiger partial charge on any atom is -0.493 e. The van der Waals surface area contributed by atoms with Crippen LogP contribution in [0.4, 0.5) is 5.69 Å². The number of carbonyl (C=O) groups excluding carboxylic acids is 1. The van der Waals surface area contributed by atoms with Crippen LogP contribution in [0.3, 0.4) is 0 Å². The van der Waals surface area contributed by atoms with Gasteiger partial charge in [-0.15, -0.1) is 0 Å². The van der Waals surface area contributed by atoms with Gasteiger partial charge in [0.25, 0.3) is 15.9 Å². The Morgan fingerprint density at radius 2 is 1.72 bits per heavy atom.